The van der Waals surface area contributed by atoms with Crippen LogP contribution in [0.4, 0.5) is 4.39 Å². The summed E-state index contributed by atoms with van der Waals surface area (Å²) in [5.41, 5.74) is 0.518. The second-order valence-electron chi connectivity index (χ2n) is 3.54. The Balaban J connectivity index is 1.94. The third kappa shape index (κ3) is 3.52. The van der Waals surface area contributed by atoms with Crippen LogP contribution in [0, 0.1) is 5.82 Å². The fourth-order valence-corrected chi connectivity index (χ4v) is 3.11. The smallest absolute Gasteiger partial charge is 0.129 e. The molecule has 0 atom stereocenters. The standard InChI is InChI=1S/C12H10BrClFNS/c13-8-4-9(17-7-8)5-16-6-10-11(14)2-1-3-12(10)15/h1-4,7,16H,5-6H2. The van der Waals surface area contributed by atoms with Gasteiger partial charge >= 0.3 is 0 Å². The molecule has 90 valence electrons. The first-order chi connectivity index (χ1) is 8.16. The molecule has 1 heterocycles. The minimum atomic E-state index is -0.266. The van der Waals surface area contributed by atoms with Crippen molar-refractivity contribution < 1.29 is 4.39 Å². The normalized spacial score (nSPS) is 10.8. The van der Waals surface area contributed by atoms with Crippen LogP contribution in [0.1, 0.15) is 10.4 Å². The van der Waals surface area contributed by atoms with Crippen molar-refractivity contribution in [2.24, 2.45) is 0 Å². The summed E-state index contributed by atoms with van der Waals surface area (Å²) in [7, 11) is 0. The van der Waals surface area contributed by atoms with E-state index in [1.54, 1.807) is 23.5 Å². The number of thiophene rings is 1. The molecular weight excluding hydrogens is 325 g/mol. The summed E-state index contributed by atoms with van der Waals surface area (Å²) in [5, 5.41) is 5.66. The third-order valence-electron chi connectivity index (χ3n) is 2.28. The quantitative estimate of drug-likeness (QED) is 0.862. The first kappa shape index (κ1) is 13.0. The molecule has 1 aromatic heterocycles. The molecule has 5 heteroatoms. The lowest BCUT2D eigenvalue weighted by Gasteiger charge is -2.06. The Morgan fingerprint density at radius 1 is 1.35 bits per heavy atom. The average molecular weight is 335 g/mol. The predicted octanol–water partition coefficient (Wildman–Crippen LogP) is 4.59. The summed E-state index contributed by atoms with van der Waals surface area (Å²) in [6, 6.07) is 6.77. The molecule has 1 aromatic carbocycles. The number of benzene rings is 1. The lowest BCUT2D eigenvalue weighted by molar-refractivity contribution is 0.589. The summed E-state index contributed by atoms with van der Waals surface area (Å²) in [6.07, 6.45) is 0. The molecule has 17 heavy (non-hydrogen) atoms. The second kappa shape index (κ2) is 5.96. The zero-order valence-electron chi connectivity index (χ0n) is 8.84. The molecule has 0 amide bonds. The zero-order valence-corrected chi connectivity index (χ0v) is 12.0. The molecular formula is C12H10BrClFNS. The highest BCUT2D eigenvalue weighted by atomic mass is 79.9. The molecule has 0 aliphatic carbocycles. The number of rotatable bonds is 4. The molecule has 2 aromatic rings. The molecule has 0 saturated heterocycles. The van der Waals surface area contributed by atoms with Crippen LogP contribution in [0.3, 0.4) is 0 Å². The average Bonchev–Trinajstić information content (AvgIpc) is 2.69. The minimum Gasteiger partial charge on any atom is -0.308 e. The lowest BCUT2D eigenvalue weighted by Crippen LogP contribution is -2.13. The Kier molecular flexibility index (Phi) is 4.56. The van der Waals surface area contributed by atoms with Crippen LogP contribution in [-0.2, 0) is 13.1 Å². The summed E-state index contributed by atoms with van der Waals surface area (Å²) < 4.78 is 14.5. The van der Waals surface area contributed by atoms with Gasteiger partial charge in [-0.15, -0.1) is 11.3 Å². The maximum absolute atomic E-state index is 13.5. The third-order valence-corrected chi connectivity index (χ3v) is 4.34. The van der Waals surface area contributed by atoms with E-state index in [9.17, 15) is 4.39 Å². The second-order valence-corrected chi connectivity index (χ2v) is 5.85. The molecule has 0 spiro atoms. The van der Waals surface area contributed by atoms with Gasteiger partial charge < -0.3 is 5.32 Å². The Labute approximate surface area is 117 Å². The molecule has 2 rings (SSSR count). The maximum Gasteiger partial charge on any atom is 0.129 e. The van der Waals surface area contributed by atoms with Gasteiger partial charge in [0.2, 0.25) is 0 Å². The molecule has 0 bridgehead atoms. The Bertz CT molecular complexity index is 495. The van der Waals surface area contributed by atoms with Crippen molar-refractivity contribution in [3.05, 3.63) is 55.4 Å². The van der Waals surface area contributed by atoms with E-state index in [0.717, 1.165) is 4.47 Å². The van der Waals surface area contributed by atoms with E-state index in [1.807, 2.05) is 11.4 Å². The van der Waals surface area contributed by atoms with E-state index in [1.165, 1.54) is 10.9 Å². The highest BCUT2D eigenvalue weighted by Crippen LogP contribution is 2.21. The highest BCUT2D eigenvalue weighted by Gasteiger charge is 2.06. The van der Waals surface area contributed by atoms with Gasteiger partial charge in [-0.2, -0.15) is 0 Å². The van der Waals surface area contributed by atoms with E-state index in [2.05, 4.69) is 21.2 Å². The fourth-order valence-electron chi connectivity index (χ4n) is 1.46. The van der Waals surface area contributed by atoms with Crippen molar-refractivity contribution in [1.29, 1.82) is 0 Å². The Hall–Kier alpha value is -0.420. The topological polar surface area (TPSA) is 12.0 Å². The molecule has 0 radical (unpaired) electrons. The van der Waals surface area contributed by atoms with Crippen molar-refractivity contribution in [3.63, 3.8) is 0 Å². The van der Waals surface area contributed by atoms with Gasteiger partial charge in [0.05, 0.1) is 0 Å². The van der Waals surface area contributed by atoms with Crippen molar-refractivity contribution >= 4 is 38.9 Å². The maximum atomic E-state index is 13.5. The van der Waals surface area contributed by atoms with Gasteiger partial charge in [0, 0.05) is 38.4 Å². The Morgan fingerprint density at radius 3 is 2.82 bits per heavy atom. The largest absolute Gasteiger partial charge is 0.308 e. The molecule has 1 N–H and O–H groups in total. The van der Waals surface area contributed by atoms with Gasteiger partial charge in [0.25, 0.3) is 0 Å². The van der Waals surface area contributed by atoms with E-state index >= 15 is 0 Å². The number of nitrogens with one attached hydrogen (secondary N) is 1. The van der Waals surface area contributed by atoms with E-state index in [0.29, 0.717) is 23.7 Å². The molecule has 0 aliphatic heterocycles. The SMILES string of the molecule is Fc1cccc(Cl)c1CNCc1cc(Br)cs1. The highest BCUT2D eigenvalue weighted by molar-refractivity contribution is 9.10. The molecule has 0 saturated carbocycles. The lowest BCUT2D eigenvalue weighted by atomic mass is 10.2. The molecule has 0 aliphatic rings. The van der Waals surface area contributed by atoms with Crippen LogP contribution < -0.4 is 5.32 Å². The van der Waals surface area contributed by atoms with Crippen LogP contribution >= 0.6 is 38.9 Å². The van der Waals surface area contributed by atoms with Gasteiger partial charge in [-0.25, -0.2) is 4.39 Å². The van der Waals surface area contributed by atoms with Crippen LogP contribution in [0.5, 0.6) is 0 Å². The summed E-state index contributed by atoms with van der Waals surface area (Å²) in [4.78, 5) is 1.20. The van der Waals surface area contributed by atoms with Crippen molar-refractivity contribution in [2.75, 3.05) is 0 Å². The predicted molar refractivity (Wildman–Crippen MR) is 74.0 cm³/mol. The minimum absolute atomic E-state index is 0.266. The van der Waals surface area contributed by atoms with Gasteiger partial charge in [0.15, 0.2) is 0 Å². The summed E-state index contributed by atoms with van der Waals surface area (Å²) >= 11 is 11.0. The molecule has 0 fully saturated rings. The summed E-state index contributed by atoms with van der Waals surface area (Å²) in [5.74, 6) is -0.266. The van der Waals surface area contributed by atoms with Gasteiger partial charge in [0.1, 0.15) is 5.82 Å². The first-order valence-electron chi connectivity index (χ1n) is 5.03. The van der Waals surface area contributed by atoms with Crippen molar-refractivity contribution in [3.8, 4) is 0 Å². The first-order valence-corrected chi connectivity index (χ1v) is 7.08. The molecule has 1 nitrogen and oxygen atoms in total. The monoisotopic (exact) mass is 333 g/mol. The van der Waals surface area contributed by atoms with Crippen LogP contribution in [0.25, 0.3) is 0 Å². The van der Waals surface area contributed by atoms with Gasteiger partial charge in [-0.05, 0) is 34.1 Å². The van der Waals surface area contributed by atoms with Crippen molar-refractivity contribution in [2.45, 2.75) is 13.1 Å². The van der Waals surface area contributed by atoms with Crippen LogP contribution in [0.2, 0.25) is 5.02 Å². The van der Waals surface area contributed by atoms with Crippen molar-refractivity contribution in [1.82, 2.24) is 5.32 Å². The van der Waals surface area contributed by atoms with Crippen LogP contribution in [-0.4, -0.2) is 0 Å². The van der Waals surface area contributed by atoms with Gasteiger partial charge in [-0.3, -0.25) is 0 Å². The Morgan fingerprint density at radius 2 is 2.18 bits per heavy atom. The zero-order chi connectivity index (χ0) is 12.3. The van der Waals surface area contributed by atoms with E-state index < -0.39 is 0 Å². The number of halogens is 3. The molecule has 0 unspecified atom stereocenters. The number of hydrogen-bond donors (Lipinski definition) is 1. The van der Waals surface area contributed by atoms with Crippen LogP contribution in [0.15, 0.2) is 34.1 Å². The summed E-state index contributed by atoms with van der Waals surface area (Å²) in [6.45, 7) is 1.14. The number of hydrogen-bond acceptors (Lipinski definition) is 2. The van der Waals surface area contributed by atoms with E-state index in [-0.39, 0.29) is 5.82 Å². The van der Waals surface area contributed by atoms with Gasteiger partial charge in [-0.1, -0.05) is 17.7 Å². The van der Waals surface area contributed by atoms with E-state index in [4.69, 9.17) is 11.6 Å². The fraction of sp³-hybridized carbons (Fsp3) is 0.167.